The van der Waals surface area contributed by atoms with Crippen molar-refractivity contribution in [1.29, 1.82) is 0 Å². The summed E-state index contributed by atoms with van der Waals surface area (Å²) in [5.41, 5.74) is 13.2. The highest BCUT2D eigenvalue weighted by Gasteiger charge is 2.29. The summed E-state index contributed by atoms with van der Waals surface area (Å²) in [7, 11) is 0. The second kappa shape index (κ2) is 13.2. The molecule has 1 aromatic heterocycles. The van der Waals surface area contributed by atoms with E-state index in [9.17, 15) is 29.1 Å². The molecule has 39 heavy (non-hydrogen) atoms. The first-order chi connectivity index (χ1) is 18.5. The standard InChI is InChI=1S/C27H32N6O6/c1-15(24(35)33-22(27(38)39)11-16-7-3-2-4-8-16)31-26(37)21(32-25(36)19(28)13-23(29)34)12-17-14-30-20-10-6-5-9-18(17)20/h2-10,14-15,19,21-22,30H,11-13,28H2,1H3,(H2,29,34)(H,31,37)(H,32,36)(H,33,35)(H,38,39). The maximum atomic E-state index is 13.2. The number of primary amides is 1. The summed E-state index contributed by atoms with van der Waals surface area (Å²) in [6.07, 6.45) is 1.40. The number of aromatic nitrogens is 1. The fourth-order valence-corrected chi connectivity index (χ4v) is 4.04. The van der Waals surface area contributed by atoms with Gasteiger partial charge in [-0.2, -0.15) is 0 Å². The Kier molecular flexibility index (Phi) is 9.76. The molecule has 0 saturated carbocycles. The van der Waals surface area contributed by atoms with Gasteiger partial charge in [-0.15, -0.1) is 0 Å². The number of aliphatic carboxylic acids is 1. The lowest BCUT2D eigenvalue weighted by atomic mass is 10.0. The van der Waals surface area contributed by atoms with Gasteiger partial charge in [-0.05, 0) is 24.1 Å². The van der Waals surface area contributed by atoms with Crippen LogP contribution in [-0.4, -0.2) is 63.9 Å². The zero-order valence-corrected chi connectivity index (χ0v) is 21.3. The lowest BCUT2D eigenvalue weighted by Crippen LogP contribution is -2.57. The molecule has 0 saturated heterocycles. The van der Waals surface area contributed by atoms with E-state index in [2.05, 4.69) is 20.9 Å². The molecule has 12 heteroatoms. The van der Waals surface area contributed by atoms with Crippen molar-refractivity contribution in [3.8, 4) is 0 Å². The van der Waals surface area contributed by atoms with Gasteiger partial charge in [0, 0.05) is 29.9 Å². The second-order valence-electron chi connectivity index (χ2n) is 9.22. The van der Waals surface area contributed by atoms with Crippen molar-refractivity contribution in [1.82, 2.24) is 20.9 Å². The molecule has 0 spiro atoms. The Labute approximate surface area is 224 Å². The third kappa shape index (κ3) is 8.14. The molecule has 0 aliphatic heterocycles. The van der Waals surface area contributed by atoms with Crippen LogP contribution >= 0.6 is 0 Å². The maximum absolute atomic E-state index is 13.2. The van der Waals surface area contributed by atoms with Crippen molar-refractivity contribution in [2.75, 3.05) is 0 Å². The number of carbonyl (C=O) groups is 5. The minimum absolute atomic E-state index is 0.0466. The van der Waals surface area contributed by atoms with Crippen LogP contribution in [0, 0.1) is 0 Å². The Morgan fingerprint density at radius 3 is 2.15 bits per heavy atom. The average molecular weight is 537 g/mol. The van der Waals surface area contributed by atoms with Gasteiger partial charge < -0.3 is 37.5 Å². The van der Waals surface area contributed by atoms with Gasteiger partial charge in [-0.3, -0.25) is 19.2 Å². The van der Waals surface area contributed by atoms with Crippen molar-refractivity contribution < 1.29 is 29.1 Å². The number of fused-ring (bicyclic) bond motifs is 1. The van der Waals surface area contributed by atoms with Crippen LogP contribution in [0.15, 0.2) is 60.8 Å². The Balaban J connectivity index is 1.72. The highest BCUT2D eigenvalue weighted by Crippen LogP contribution is 2.19. The second-order valence-corrected chi connectivity index (χ2v) is 9.22. The predicted octanol–water partition coefficient (Wildman–Crippen LogP) is -0.285. The third-order valence-electron chi connectivity index (χ3n) is 6.14. The van der Waals surface area contributed by atoms with Gasteiger partial charge in [0.25, 0.3) is 0 Å². The first-order valence-corrected chi connectivity index (χ1v) is 12.3. The molecular weight excluding hydrogens is 504 g/mol. The normalized spacial score (nSPS) is 14.0. The van der Waals surface area contributed by atoms with Gasteiger partial charge in [0.2, 0.25) is 23.6 Å². The van der Waals surface area contributed by atoms with E-state index in [1.54, 1.807) is 36.5 Å². The van der Waals surface area contributed by atoms with Gasteiger partial charge >= 0.3 is 5.97 Å². The van der Waals surface area contributed by atoms with Crippen LogP contribution in [0.4, 0.5) is 0 Å². The Morgan fingerprint density at radius 1 is 0.846 bits per heavy atom. The molecule has 0 fully saturated rings. The summed E-state index contributed by atoms with van der Waals surface area (Å²) in [6, 6.07) is 11.4. The number of carbonyl (C=O) groups excluding carboxylic acids is 4. The number of hydrogen-bond donors (Lipinski definition) is 7. The number of para-hydroxylation sites is 1. The van der Waals surface area contributed by atoms with Gasteiger partial charge in [-0.25, -0.2) is 4.79 Å². The van der Waals surface area contributed by atoms with Gasteiger partial charge in [0.15, 0.2) is 0 Å². The molecule has 4 amide bonds. The topological polar surface area (TPSA) is 209 Å². The average Bonchev–Trinajstić information content (AvgIpc) is 3.30. The molecule has 9 N–H and O–H groups in total. The first kappa shape index (κ1) is 28.9. The van der Waals surface area contributed by atoms with Crippen molar-refractivity contribution in [2.45, 2.75) is 50.4 Å². The fourth-order valence-electron chi connectivity index (χ4n) is 4.04. The number of rotatable bonds is 13. The molecule has 0 aliphatic carbocycles. The molecule has 4 unspecified atom stereocenters. The highest BCUT2D eigenvalue weighted by atomic mass is 16.4. The molecule has 3 rings (SSSR count). The molecule has 2 aromatic carbocycles. The summed E-state index contributed by atoms with van der Waals surface area (Å²) >= 11 is 0. The SMILES string of the molecule is CC(NC(=O)C(Cc1c[nH]c2ccccc12)NC(=O)C(N)CC(N)=O)C(=O)NC(Cc1ccccc1)C(=O)O. The molecule has 3 aromatic rings. The molecule has 206 valence electrons. The number of benzene rings is 2. The zero-order chi connectivity index (χ0) is 28.5. The lowest BCUT2D eigenvalue weighted by Gasteiger charge is -2.23. The smallest absolute Gasteiger partial charge is 0.326 e. The molecule has 0 radical (unpaired) electrons. The Bertz CT molecular complexity index is 1340. The van der Waals surface area contributed by atoms with Crippen molar-refractivity contribution >= 4 is 40.5 Å². The summed E-state index contributed by atoms with van der Waals surface area (Å²) < 4.78 is 0. The van der Waals surface area contributed by atoms with Crippen molar-refractivity contribution in [2.24, 2.45) is 11.5 Å². The number of aromatic amines is 1. The monoisotopic (exact) mass is 536 g/mol. The molecular formula is C27H32N6O6. The molecule has 1 heterocycles. The van der Waals surface area contributed by atoms with Gasteiger partial charge in [0.1, 0.15) is 18.1 Å². The van der Waals surface area contributed by atoms with Crippen LogP contribution in [0.5, 0.6) is 0 Å². The number of amides is 4. The van der Waals surface area contributed by atoms with Crippen LogP contribution in [-0.2, 0) is 36.8 Å². The van der Waals surface area contributed by atoms with E-state index in [0.717, 1.165) is 22.0 Å². The number of nitrogens with one attached hydrogen (secondary N) is 4. The number of nitrogens with two attached hydrogens (primary N) is 2. The van der Waals surface area contributed by atoms with E-state index in [0.29, 0.717) is 0 Å². The Hall–Kier alpha value is -4.71. The predicted molar refractivity (Wildman–Crippen MR) is 143 cm³/mol. The molecule has 12 nitrogen and oxygen atoms in total. The molecule has 0 bridgehead atoms. The van der Waals surface area contributed by atoms with Crippen LogP contribution in [0.3, 0.4) is 0 Å². The van der Waals surface area contributed by atoms with E-state index < -0.39 is 60.2 Å². The Morgan fingerprint density at radius 2 is 1.49 bits per heavy atom. The van der Waals surface area contributed by atoms with E-state index in [1.165, 1.54) is 6.92 Å². The third-order valence-corrected chi connectivity index (χ3v) is 6.14. The summed E-state index contributed by atoms with van der Waals surface area (Å²) in [5, 5.41) is 17.9. The van der Waals surface area contributed by atoms with Crippen LogP contribution in [0.25, 0.3) is 10.9 Å². The number of H-pyrrole nitrogens is 1. The fraction of sp³-hybridized carbons (Fsp3) is 0.296. The van der Waals surface area contributed by atoms with Crippen LogP contribution < -0.4 is 27.4 Å². The molecule has 0 aliphatic rings. The van der Waals surface area contributed by atoms with Gasteiger partial charge in [0.05, 0.1) is 12.5 Å². The maximum Gasteiger partial charge on any atom is 0.326 e. The van der Waals surface area contributed by atoms with Crippen molar-refractivity contribution in [3.63, 3.8) is 0 Å². The minimum Gasteiger partial charge on any atom is -0.480 e. The highest BCUT2D eigenvalue weighted by molar-refractivity contribution is 5.95. The van der Waals surface area contributed by atoms with E-state index >= 15 is 0 Å². The summed E-state index contributed by atoms with van der Waals surface area (Å²) in [5.74, 6) is -4.17. The lowest BCUT2D eigenvalue weighted by molar-refractivity contribution is -0.142. The quantitative estimate of drug-likeness (QED) is 0.155. The van der Waals surface area contributed by atoms with Crippen LogP contribution in [0.1, 0.15) is 24.5 Å². The van der Waals surface area contributed by atoms with Crippen LogP contribution in [0.2, 0.25) is 0 Å². The summed E-state index contributed by atoms with van der Waals surface area (Å²) in [6.45, 7) is 1.40. The number of hydrogen-bond acceptors (Lipinski definition) is 6. The molecule has 4 atom stereocenters. The van der Waals surface area contributed by atoms with E-state index in [4.69, 9.17) is 11.5 Å². The summed E-state index contributed by atoms with van der Waals surface area (Å²) in [4.78, 5) is 64.7. The number of carboxylic acids is 1. The van der Waals surface area contributed by atoms with E-state index in [1.807, 2.05) is 24.3 Å². The minimum atomic E-state index is -1.27. The largest absolute Gasteiger partial charge is 0.480 e. The van der Waals surface area contributed by atoms with Gasteiger partial charge in [-0.1, -0.05) is 48.5 Å². The zero-order valence-electron chi connectivity index (χ0n) is 21.3. The van der Waals surface area contributed by atoms with E-state index in [-0.39, 0.29) is 12.8 Å². The van der Waals surface area contributed by atoms with Crippen molar-refractivity contribution in [3.05, 3.63) is 71.9 Å². The first-order valence-electron chi connectivity index (χ1n) is 12.3. The number of carboxylic acid groups (broad SMARTS) is 1.